The molecule has 0 radical (unpaired) electrons. The fraction of sp³-hybridized carbons (Fsp3) is 0.188. The molecule has 0 unspecified atom stereocenters. The van der Waals surface area contributed by atoms with E-state index in [4.69, 9.17) is 27.9 Å². The topological polar surface area (TPSA) is 64.9 Å². The SMILES string of the molecule is Cc1ncnc(NCCOc2cnn(-c3ccccc3Cl)c2)c1Cl. The Kier molecular flexibility index (Phi) is 5.17. The van der Waals surface area contributed by atoms with Gasteiger partial charge >= 0.3 is 0 Å². The van der Waals surface area contributed by atoms with E-state index < -0.39 is 0 Å². The van der Waals surface area contributed by atoms with Crippen molar-refractivity contribution >= 4 is 29.0 Å². The molecule has 24 heavy (non-hydrogen) atoms. The number of aromatic nitrogens is 4. The molecule has 1 aromatic carbocycles. The predicted octanol–water partition coefficient (Wildman–Crippen LogP) is 3.77. The number of ether oxygens (including phenoxy) is 1. The van der Waals surface area contributed by atoms with Crippen LogP contribution in [0.25, 0.3) is 5.69 Å². The first-order valence-corrected chi connectivity index (χ1v) is 8.04. The summed E-state index contributed by atoms with van der Waals surface area (Å²) in [6.07, 6.45) is 4.90. The van der Waals surface area contributed by atoms with Gasteiger partial charge in [0.25, 0.3) is 0 Å². The third-order valence-electron chi connectivity index (χ3n) is 3.29. The highest BCUT2D eigenvalue weighted by Gasteiger charge is 2.06. The molecule has 0 bridgehead atoms. The number of hydrogen-bond donors (Lipinski definition) is 1. The van der Waals surface area contributed by atoms with E-state index in [1.165, 1.54) is 6.33 Å². The van der Waals surface area contributed by atoms with Gasteiger partial charge in [-0.15, -0.1) is 0 Å². The molecule has 8 heteroatoms. The summed E-state index contributed by atoms with van der Waals surface area (Å²) >= 11 is 12.3. The van der Waals surface area contributed by atoms with E-state index >= 15 is 0 Å². The number of nitrogens with one attached hydrogen (secondary N) is 1. The van der Waals surface area contributed by atoms with Crippen molar-refractivity contribution in [3.05, 3.63) is 58.7 Å². The molecule has 2 heterocycles. The fourth-order valence-electron chi connectivity index (χ4n) is 2.07. The highest BCUT2D eigenvalue weighted by atomic mass is 35.5. The molecule has 0 saturated carbocycles. The Labute approximate surface area is 149 Å². The second-order valence-electron chi connectivity index (χ2n) is 4.97. The molecule has 124 valence electrons. The molecule has 0 fully saturated rings. The van der Waals surface area contributed by atoms with Crippen molar-refractivity contribution in [3.8, 4) is 11.4 Å². The van der Waals surface area contributed by atoms with Crippen molar-refractivity contribution in [1.82, 2.24) is 19.7 Å². The van der Waals surface area contributed by atoms with Crippen molar-refractivity contribution in [3.63, 3.8) is 0 Å². The van der Waals surface area contributed by atoms with Crippen LogP contribution >= 0.6 is 23.2 Å². The summed E-state index contributed by atoms with van der Waals surface area (Å²) in [4.78, 5) is 8.11. The third-order valence-corrected chi connectivity index (χ3v) is 4.06. The van der Waals surface area contributed by atoms with E-state index in [9.17, 15) is 0 Å². The molecule has 3 rings (SSSR count). The van der Waals surface area contributed by atoms with Crippen LogP contribution in [0.5, 0.6) is 5.75 Å². The Morgan fingerprint density at radius 3 is 2.88 bits per heavy atom. The van der Waals surface area contributed by atoms with Gasteiger partial charge in [-0.3, -0.25) is 0 Å². The lowest BCUT2D eigenvalue weighted by atomic mass is 10.3. The Morgan fingerprint density at radius 2 is 2.04 bits per heavy atom. The molecule has 1 N–H and O–H groups in total. The Hall–Kier alpha value is -2.31. The summed E-state index contributed by atoms with van der Waals surface area (Å²) in [5.74, 6) is 1.25. The molecule has 0 aliphatic heterocycles. The molecule has 0 amide bonds. The Morgan fingerprint density at radius 1 is 1.21 bits per heavy atom. The van der Waals surface area contributed by atoms with Gasteiger partial charge in [0, 0.05) is 0 Å². The Bertz CT molecular complexity index is 837. The second-order valence-corrected chi connectivity index (χ2v) is 5.75. The molecular weight excluding hydrogens is 349 g/mol. The number of benzene rings is 1. The van der Waals surface area contributed by atoms with E-state index in [2.05, 4.69) is 20.4 Å². The monoisotopic (exact) mass is 363 g/mol. The molecule has 3 aromatic rings. The van der Waals surface area contributed by atoms with Crippen LogP contribution in [0.4, 0.5) is 5.82 Å². The van der Waals surface area contributed by atoms with Crippen molar-refractivity contribution in [2.45, 2.75) is 6.92 Å². The van der Waals surface area contributed by atoms with Crippen LogP contribution in [-0.2, 0) is 0 Å². The van der Waals surface area contributed by atoms with Crippen LogP contribution in [-0.4, -0.2) is 32.9 Å². The van der Waals surface area contributed by atoms with Gasteiger partial charge < -0.3 is 10.1 Å². The van der Waals surface area contributed by atoms with E-state index in [0.717, 1.165) is 11.4 Å². The lowest BCUT2D eigenvalue weighted by molar-refractivity contribution is 0.332. The largest absolute Gasteiger partial charge is 0.488 e. The maximum absolute atomic E-state index is 6.15. The standard InChI is InChI=1S/C16H15Cl2N5O/c1-11-15(18)16(21-10-20-11)19-6-7-24-12-8-22-23(9-12)14-5-3-2-4-13(14)17/h2-5,8-10H,6-7H2,1H3,(H,19,20,21). The van der Waals surface area contributed by atoms with Crippen LogP contribution < -0.4 is 10.1 Å². The first-order chi connectivity index (χ1) is 11.6. The zero-order chi connectivity index (χ0) is 16.9. The van der Waals surface area contributed by atoms with Crippen LogP contribution in [0.2, 0.25) is 10.0 Å². The van der Waals surface area contributed by atoms with Gasteiger partial charge in [0.05, 0.1) is 35.3 Å². The van der Waals surface area contributed by atoms with Crippen molar-refractivity contribution in [2.75, 3.05) is 18.5 Å². The summed E-state index contributed by atoms with van der Waals surface area (Å²) in [7, 11) is 0. The van der Waals surface area contributed by atoms with Gasteiger partial charge in [-0.05, 0) is 19.1 Å². The van der Waals surface area contributed by atoms with E-state index in [1.54, 1.807) is 17.1 Å². The lowest BCUT2D eigenvalue weighted by Crippen LogP contribution is -2.13. The number of rotatable bonds is 6. The van der Waals surface area contributed by atoms with Gasteiger partial charge in [0.15, 0.2) is 5.75 Å². The fourth-order valence-corrected chi connectivity index (χ4v) is 2.46. The van der Waals surface area contributed by atoms with Gasteiger partial charge in [0.1, 0.15) is 23.8 Å². The van der Waals surface area contributed by atoms with Gasteiger partial charge in [0.2, 0.25) is 0 Å². The van der Waals surface area contributed by atoms with Crippen LogP contribution in [0.15, 0.2) is 43.0 Å². The minimum absolute atomic E-state index is 0.438. The number of aryl methyl sites for hydroxylation is 1. The quantitative estimate of drug-likeness (QED) is 0.675. The summed E-state index contributed by atoms with van der Waals surface area (Å²) in [5, 5.41) is 8.52. The Balaban J connectivity index is 1.55. The average Bonchev–Trinajstić information content (AvgIpc) is 3.04. The maximum atomic E-state index is 6.15. The minimum atomic E-state index is 0.438. The molecule has 0 saturated heterocycles. The van der Waals surface area contributed by atoms with Gasteiger partial charge in [-0.25, -0.2) is 14.6 Å². The first kappa shape index (κ1) is 16.5. The first-order valence-electron chi connectivity index (χ1n) is 7.28. The van der Waals surface area contributed by atoms with E-state index in [1.807, 2.05) is 31.2 Å². The zero-order valence-corrected chi connectivity index (χ0v) is 14.4. The predicted molar refractivity (Wildman–Crippen MR) is 94.3 cm³/mol. The zero-order valence-electron chi connectivity index (χ0n) is 12.9. The van der Waals surface area contributed by atoms with E-state index in [0.29, 0.717) is 34.8 Å². The summed E-state index contributed by atoms with van der Waals surface area (Å²) in [6.45, 7) is 2.82. The maximum Gasteiger partial charge on any atom is 0.157 e. The average molecular weight is 364 g/mol. The van der Waals surface area contributed by atoms with Crippen molar-refractivity contribution in [1.29, 1.82) is 0 Å². The molecule has 0 aliphatic rings. The normalized spacial score (nSPS) is 10.6. The number of para-hydroxylation sites is 1. The van der Waals surface area contributed by atoms with Crippen LogP contribution in [0.3, 0.4) is 0 Å². The van der Waals surface area contributed by atoms with Gasteiger partial charge in [-0.2, -0.15) is 5.10 Å². The summed E-state index contributed by atoms with van der Waals surface area (Å²) < 4.78 is 7.34. The minimum Gasteiger partial charge on any atom is -0.488 e. The number of hydrogen-bond acceptors (Lipinski definition) is 5. The van der Waals surface area contributed by atoms with Crippen molar-refractivity contribution < 1.29 is 4.74 Å². The number of anilines is 1. The lowest BCUT2D eigenvalue weighted by Gasteiger charge is -2.08. The molecule has 2 aromatic heterocycles. The molecule has 6 nitrogen and oxygen atoms in total. The summed E-state index contributed by atoms with van der Waals surface area (Å²) in [5.41, 5.74) is 1.53. The van der Waals surface area contributed by atoms with E-state index in [-0.39, 0.29) is 0 Å². The van der Waals surface area contributed by atoms with Crippen LogP contribution in [0, 0.1) is 6.92 Å². The molecule has 0 atom stereocenters. The third kappa shape index (κ3) is 3.77. The highest BCUT2D eigenvalue weighted by Crippen LogP contribution is 2.22. The summed E-state index contributed by atoms with van der Waals surface area (Å²) in [6, 6.07) is 7.48. The molecular formula is C16H15Cl2N5O. The van der Waals surface area contributed by atoms with Crippen molar-refractivity contribution in [2.24, 2.45) is 0 Å². The second kappa shape index (κ2) is 7.51. The highest BCUT2D eigenvalue weighted by molar-refractivity contribution is 6.33. The smallest absolute Gasteiger partial charge is 0.157 e. The van der Waals surface area contributed by atoms with Gasteiger partial charge in [-0.1, -0.05) is 35.3 Å². The molecule has 0 spiro atoms. The van der Waals surface area contributed by atoms with Crippen LogP contribution in [0.1, 0.15) is 5.69 Å². The molecule has 0 aliphatic carbocycles. The number of nitrogens with zero attached hydrogens (tertiary/aromatic N) is 4. The number of halogens is 2.